The molecule has 0 aromatic carbocycles. The van der Waals surface area contributed by atoms with Crippen molar-refractivity contribution in [3.05, 3.63) is 20.9 Å². The van der Waals surface area contributed by atoms with Gasteiger partial charge in [0.25, 0.3) is 0 Å². The van der Waals surface area contributed by atoms with Gasteiger partial charge in [0.15, 0.2) is 6.17 Å². The van der Waals surface area contributed by atoms with E-state index in [9.17, 15) is 0 Å². The van der Waals surface area contributed by atoms with E-state index in [0.29, 0.717) is 0 Å². The van der Waals surface area contributed by atoms with E-state index in [1.54, 1.807) is 0 Å². The van der Waals surface area contributed by atoms with Crippen LogP contribution >= 0.6 is 11.6 Å². The SMILES string of the molecule is [N-]=[N+]=NC1=NC(N=[N+]=[N-])C(N)(N)C(Cl)=N1. The minimum atomic E-state index is -1.69. The predicted octanol–water partition coefficient (Wildman–Crippen LogP) is 0.554. The zero-order valence-corrected chi connectivity index (χ0v) is 7.94. The van der Waals surface area contributed by atoms with E-state index in [-0.39, 0.29) is 11.1 Å². The third-order valence-electron chi connectivity index (χ3n) is 1.52. The second-order valence-electron chi connectivity index (χ2n) is 2.53. The molecule has 0 amide bonds. The molecule has 11 heteroatoms. The Hall–Kier alpha value is -1.83. The molecule has 4 N–H and O–H groups in total. The molecule has 1 unspecified atom stereocenters. The zero-order chi connectivity index (χ0) is 11.5. The highest BCUT2D eigenvalue weighted by Crippen LogP contribution is 2.17. The van der Waals surface area contributed by atoms with Gasteiger partial charge in [-0.2, -0.15) is 0 Å². The molecule has 78 valence electrons. The number of rotatable bonds is 1. The van der Waals surface area contributed by atoms with Crippen molar-refractivity contribution in [1.29, 1.82) is 0 Å². The molecule has 1 aliphatic heterocycles. The Bertz CT molecular complexity index is 421. The maximum absolute atomic E-state index is 8.24. The smallest absolute Gasteiger partial charge is 0.213 e. The van der Waals surface area contributed by atoms with Crippen LogP contribution in [-0.4, -0.2) is 23.0 Å². The minimum Gasteiger partial charge on any atom is -0.306 e. The van der Waals surface area contributed by atoms with Gasteiger partial charge in [0.1, 0.15) is 10.8 Å². The molecule has 10 nitrogen and oxygen atoms in total. The van der Waals surface area contributed by atoms with Crippen molar-refractivity contribution in [3.63, 3.8) is 0 Å². The molecular formula is C4H5ClN10. The van der Waals surface area contributed by atoms with Gasteiger partial charge < -0.3 is 11.5 Å². The van der Waals surface area contributed by atoms with Crippen molar-refractivity contribution in [3.8, 4) is 0 Å². The van der Waals surface area contributed by atoms with Gasteiger partial charge >= 0.3 is 0 Å². The summed E-state index contributed by atoms with van der Waals surface area (Å²) in [6.45, 7) is 0. The van der Waals surface area contributed by atoms with Gasteiger partial charge in [-0.1, -0.05) is 16.7 Å². The summed E-state index contributed by atoms with van der Waals surface area (Å²) in [6, 6.07) is 0. The summed E-state index contributed by atoms with van der Waals surface area (Å²) in [7, 11) is 0. The highest BCUT2D eigenvalue weighted by Gasteiger charge is 2.38. The fourth-order valence-electron chi connectivity index (χ4n) is 0.795. The predicted molar refractivity (Wildman–Crippen MR) is 53.9 cm³/mol. The molecule has 1 rings (SSSR count). The molecule has 0 radical (unpaired) electrons. The lowest BCUT2D eigenvalue weighted by atomic mass is 10.1. The van der Waals surface area contributed by atoms with Crippen LogP contribution in [0.25, 0.3) is 20.9 Å². The van der Waals surface area contributed by atoms with E-state index >= 15 is 0 Å². The summed E-state index contributed by atoms with van der Waals surface area (Å²) in [4.78, 5) is 12.1. The molecular weight excluding hydrogens is 224 g/mol. The van der Waals surface area contributed by atoms with Crippen LogP contribution in [0, 0.1) is 0 Å². The Morgan fingerprint density at radius 3 is 2.60 bits per heavy atom. The van der Waals surface area contributed by atoms with Crippen LogP contribution in [0.5, 0.6) is 0 Å². The van der Waals surface area contributed by atoms with Crippen molar-refractivity contribution >= 4 is 22.7 Å². The first-order chi connectivity index (χ1) is 7.02. The van der Waals surface area contributed by atoms with Crippen LogP contribution in [0.4, 0.5) is 0 Å². The number of aliphatic imine (C=N–C) groups is 2. The summed E-state index contributed by atoms with van der Waals surface area (Å²) in [6.07, 6.45) is -1.20. The molecule has 0 aliphatic carbocycles. The van der Waals surface area contributed by atoms with E-state index in [1.165, 1.54) is 0 Å². The van der Waals surface area contributed by atoms with E-state index in [1.807, 2.05) is 0 Å². The maximum Gasteiger partial charge on any atom is 0.213 e. The zero-order valence-electron chi connectivity index (χ0n) is 7.19. The molecule has 0 aromatic rings. The van der Waals surface area contributed by atoms with Crippen molar-refractivity contribution < 1.29 is 0 Å². The molecule has 15 heavy (non-hydrogen) atoms. The normalized spacial score (nSPS) is 23.0. The number of guanidine groups is 1. The first-order valence-corrected chi connectivity index (χ1v) is 3.89. The molecule has 0 bridgehead atoms. The van der Waals surface area contributed by atoms with E-state index in [0.717, 1.165) is 0 Å². The number of hydrogen-bond acceptors (Lipinski definition) is 6. The van der Waals surface area contributed by atoms with Crippen LogP contribution in [0.2, 0.25) is 0 Å². The molecule has 0 aromatic heterocycles. The standard InChI is InChI=1S/C4H5ClN10/c5-1-4(6,7)2(12-14-8)11-3(10-1)13-15-9/h2H,6-7H2. The highest BCUT2D eigenvalue weighted by molar-refractivity contribution is 6.68. The fraction of sp³-hybridized carbons (Fsp3) is 0.500. The summed E-state index contributed by atoms with van der Waals surface area (Å²) < 4.78 is 0. The average Bonchev–Trinajstić information content (AvgIpc) is 2.15. The molecule has 1 heterocycles. The van der Waals surface area contributed by atoms with Crippen LogP contribution in [0.3, 0.4) is 0 Å². The van der Waals surface area contributed by atoms with Crippen molar-refractivity contribution in [1.82, 2.24) is 0 Å². The minimum absolute atomic E-state index is 0.252. The molecule has 0 saturated carbocycles. The number of azide groups is 2. The molecule has 1 atom stereocenters. The van der Waals surface area contributed by atoms with Crippen molar-refractivity contribution in [2.24, 2.45) is 31.7 Å². The van der Waals surface area contributed by atoms with Crippen LogP contribution in [0.1, 0.15) is 0 Å². The summed E-state index contributed by atoms with van der Waals surface area (Å²) >= 11 is 5.62. The Balaban J connectivity index is 3.21. The van der Waals surface area contributed by atoms with Gasteiger partial charge in [-0.25, -0.2) is 4.99 Å². The Morgan fingerprint density at radius 1 is 1.40 bits per heavy atom. The second kappa shape index (κ2) is 4.13. The van der Waals surface area contributed by atoms with Gasteiger partial charge in [0.2, 0.25) is 5.96 Å². The first-order valence-electron chi connectivity index (χ1n) is 3.52. The number of nitrogens with zero attached hydrogens (tertiary/aromatic N) is 8. The van der Waals surface area contributed by atoms with E-state index < -0.39 is 11.8 Å². The molecule has 1 aliphatic rings. The molecule has 0 spiro atoms. The number of halogens is 1. The third kappa shape index (κ3) is 2.15. The first kappa shape index (κ1) is 11.2. The summed E-state index contributed by atoms with van der Waals surface area (Å²) in [5.74, 6) is -0.286. The Kier molecular flexibility index (Phi) is 3.10. The monoisotopic (exact) mass is 228 g/mol. The number of hydrogen-bond donors (Lipinski definition) is 2. The van der Waals surface area contributed by atoms with Gasteiger partial charge in [-0.05, 0) is 16.2 Å². The topological polar surface area (TPSA) is 174 Å². The quantitative estimate of drug-likeness (QED) is 0.289. The highest BCUT2D eigenvalue weighted by atomic mass is 35.5. The van der Waals surface area contributed by atoms with Crippen molar-refractivity contribution in [2.75, 3.05) is 0 Å². The van der Waals surface area contributed by atoms with Gasteiger partial charge in [0.05, 0.1) is 0 Å². The van der Waals surface area contributed by atoms with E-state index in [2.05, 4.69) is 30.0 Å². The lowest BCUT2D eigenvalue weighted by Gasteiger charge is -2.29. The van der Waals surface area contributed by atoms with Crippen LogP contribution < -0.4 is 11.5 Å². The molecule has 0 saturated heterocycles. The van der Waals surface area contributed by atoms with Crippen LogP contribution in [-0.2, 0) is 0 Å². The average molecular weight is 229 g/mol. The second-order valence-corrected chi connectivity index (χ2v) is 2.89. The Morgan fingerprint density at radius 2 is 2.07 bits per heavy atom. The van der Waals surface area contributed by atoms with Gasteiger partial charge in [-0.3, -0.25) is 4.99 Å². The number of nitrogens with two attached hydrogens (primary N) is 2. The van der Waals surface area contributed by atoms with Gasteiger partial charge in [0, 0.05) is 9.82 Å². The van der Waals surface area contributed by atoms with Crippen LogP contribution in [0.15, 0.2) is 20.2 Å². The summed E-state index contributed by atoms with van der Waals surface area (Å²) in [5, 5.41) is 6.06. The lowest BCUT2D eigenvalue weighted by Crippen LogP contribution is -2.63. The molecule has 0 fully saturated rings. The van der Waals surface area contributed by atoms with Crippen molar-refractivity contribution in [2.45, 2.75) is 11.8 Å². The summed E-state index contributed by atoms with van der Waals surface area (Å²) in [5.41, 5.74) is 25.7. The van der Waals surface area contributed by atoms with Gasteiger partial charge in [-0.15, -0.1) is 0 Å². The third-order valence-corrected chi connectivity index (χ3v) is 1.93. The Labute approximate surface area is 87.9 Å². The fourth-order valence-corrected chi connectivity index (χ4v) is 0.968. The lowest BCUT2D eigenvalue weighted by molar-refractivity contribution is 0.474. The van der Waals surface area contributed by atoms with E-state index in [4.69, 9.17) is 34.1 Å². The maximum atomic E-state index is 8.24. The largest absolute Gasteiger partial charge is 0.306 e.